The van der Waals surface area contributed by atoms with Gasteiger partial charge in [-0.15, -0.1) is 0 Å². The van der Waals surface area contributed by atoms with Crippen LogP contribution in [0.25, 0.3) is 0 Å². The predicted octanol–water partition coefficient (Wildman–Crippen LogP) is 6.36. The molecule has 1 N–H and O–H groups in total. The standard InChI is InChI=1S/C37H42FN3O4S/c1-26(2)23-39-37(43)35(22-30-11-7-6-8-12-30)40(24-31-13-9-10-14-34(31)38)36(42)25-41(32-20-28(4)19-29(5)21-32)46(44,45)33-17-15-27(3)16-18-33/h6-21,26,35H,22-25H2,1-5H3,(H,39,43)/t35-/m1/s1. The van der Waals surface area contributed by atoms with Crippen LogP contribution in [0.4, 0.5) is 10.1 Å². The topological polar surface area (TPSA) is 86.8 Å². The molecule has 4 rings (SSSR count). The van der Waals surface area contributed by atoms with Crippen LogP contribution in [0.5, 0.6) is 0 Å². The van der Waals surface area contributed by atoms with Gasteiger partial charge in [-0.2, -0.15) is 0 Å². The van der Waals surface area contributed by atoms with Crippen molar-refractivity contribution < 1.29 is 22.4 Å². The molecule has 0 aliphatic carbocycles. The second kappa shape index (κ2) is 15.2. The number of sulfonamides is 1. The van der Waals surface area contributed by atoms with Gasteiger partial charge in [-0.3, -0.25) is 13.9 Å². The highest BCUT2D eigenvalue weighted by molar-refractivity contribution is 7.92. The van der Waals surface area contributed by atoms with Crippen molar-refractivity contribution in [2.75, 3.05) is 17.4 Å². The molecule has 0 aliphatic rings. The molecule has 0 aliphatic heterocycles. The number of aryl methyl sites for hydroxylation is 3. The van der Waals surface area contributed by atoms with Crippen molar-refractivity contribution in [3.8, 4) is 0 Å². The zero-order valence-electron chi connectivity index (χ0n) is 27.0. The predicted molar refractivity (Wildman–Crippen MR) is 180 cm³/mol. The molecule has 0 bridgehead atoms. The van der Waals surface area contributed by atoms with E-state index in [1.165, 1.54) is 23.1 Å². The van der Waals surface area contributed by atoms with Gasteiger partial charge in [0.25, 0.3) is 10.0 Å². The molecule has 0 heterocycles. The minimum absolute atomic E-state index is 0.0289. The van der Waals surface area contributed by atoms with Crippen LogP contribution in [0, 0.1) is 32.5 Å². The first-order valence-corrected chi connectivity index (χ1v) is 16.8. The van der Waals surface area contributed by atoms with E-state index in [-0.39, 0.29) is 29.3 Å². The summed E-state index contributed by atoms with van der Waals surface area (Å²) in [5, 5.41) is 2.94. The maximum Gasteiger partial charge on any atom is 0.264 e. The normalized spacial score (nSPS) is 12.1. The monoisotopic (exact) mass is 643 g/mol. The van der Waals surface area contributed by atoms with E-state index in [9.17, 15) is 18.0 Å². The van der Waals surface area contributed by atoms with Crippen LogP contribution in [0.15, 0.2) is 102 Å². The molecular weight excluding hydrogens is 601 g/mol. The summed E-state index contributed by atoms with van der Waals surface area (Å²) in [5.41, 5.74) is 3.87. The zero-order valence-corrected chi connectivity index (χ0v) is 27.9. The molecule has 0 spiro atoms. The van der Waals surface area contributed by atoms with Crippen molar-refractivity contribution >= 4 is 27.5 Å². The number of halogens is 1. The summed E-state index contributed by atoms with van der Waals surface area (Å²) >= 11 is 0. The molecule has 0 fully saturated rings. The molecule has 0 unspecified atom stereocenters. The van der Waals surface area contributed by atoms with Gasteiger partial charge in [-0.1, -0.05) is 86.1 Å². The maximum absolute atomic E-state index is 15.1. The summed E-state index contributed by atoms with van der Waals surface area (Å²) in [6.07, 6.45) is 0.152. The third kappa shape index (κ3) is 8.81. The van der Waals surface area contributed by atoms with Gasteiger partial charge in [0.05, 0.1) is 10.6 Å². The second-order valence-corrected chi connectivity index (χ2v) is 14.0. The highest BCUT2D eigenvalue weighted by Crippen LogP contribution is 2.27. The highest BCUT2D eigenvalue weighted by Gasteiger charge is 2.35. The summed E-state index contributed by atoms with van der Waals surface area (Å²) in [7, 11) is -4.23. The Morgan fingerprint density at radius 3 is 2.02 bits per heavy atom. The van der Waals surface area contributed by atoms with E-state index in [4.69, 9.17) is 0 Å². The van der Waals surface area contributed by atoms with E-state index in [1.54, 1.807) is 42.5 Å². The van der Waals surface area contributed by atoms with E-state index in [1.807, 2.05) is 71.0 Å². The molecule has 9 heteroatoms. The summed E-state index contributed by atoms with van der Waals surface area (Å²) < 4.78 is 44.6. The largest absolute Gasteiger partial charge is 0.354 e. The summed E-state index contributed by atoms with van der Waals surface area (Å²) in [4.78, 5) is 29.7. The van der Waals surface area contributed by atoms with Crippen LogP contribution < -0.4 is 9.62 Å². The molecule has 4 aromatic rings. The number of anilines is 1. The van der Waals surface area contributed by atoms with Crippen LogP contribution in [-0.2, 0) is 32.6 Å². The Hall–Kier alpha value is -4.50. The first-order chi connectivity index (χ1) is 21.8. The number of hydrogen-bond acceptors (Lipinski definition) is 4. The first-order valence-electron chi connectivity index (χ1n) is 15.4. The molecule has 2 amide bonds. The molecule has 46 heavy (non-hydrogen) atoms. The SMILES string of the molecule is Cc1ccc(S(=O)(=O)N(CC(=O)N(Cc2ccccc2F)[C@H](Cc2ccccc2)C(=O)NCC(C)C)c2cc(C)cc(C)c2)cc1. The minimum atomic E-state index is -4.23. The van der Waals surface area contributed by atoms with Gasteiger partial charge in [0.15, 0.2) is 0 Å². The van der Waals surface area contributed by atoms with Crippen LogP contribution >= 0.6 is 0 Å². The third-order valence-electron chi connectivity index (χ3n) is 7.64. The van der Waals surface area contributed by atoms with Gasteiger partial charge in [0.2, 0.25) is 11.8 Å². The molecular formula is C37H42FN3O4S. The number of rotatable bonds is 13. The number of benzene rings is 4. The van der Waals surface area contributed by atoms with Crippen LogP contribution in [-0.4, -0.2) is 44.3 Å². The lowest BCUT2D eigenvalue weighted by molar-refractivity contribution is -0.140. The van der Waals surface area contributed by atoms with Gasteiger partial charge in [0, 0.05) is 25.1 Å². The molecule has 0 aromatic heterocycles. The lowest BCUT2D eigenvalue weighted by Crippen LogP contribution is -2.53. The van der Waals surface area contributed by atoms with Crippen LogP contribution in [0.2, 0.25) is 0 Å². The van der Waals surface area contributed by atoms with Crippen molar-refractivity contribution in [1.82, 2.24) is 10.2 Å². The fraction of sp³-hybridized carbons (Fsp3) is 0.297. The number of carbonyl (C=O) groups is 2. The van der Waals surface area contributed by atoms with E-state index in [0.717, 1.165) is 26.6 Å². The Morgan fingerprint density at radius 1 is 0.804 bits per heavy atom. The molecule has 7 nitrogen and oxygen atoms in total. The molecule has 4 aromatic carbocycles. The maximum atomic E-state index is 15.1. The Kier molecular flexibility index (Phi) is 11.4. The van der Waals surface area contributed by atoms with Crippen LogP contribution in [0.1, 0.15) is 41.7 Å². The Labute approximate surface area is 272 Å². The molecule has 0 saturated heterocycles. The average Bonchev–Trinajstić information content (AvgIpc) is 3.01. The van der Waals surface area contributed by atoms with Crippen LogP contribution in [0.3, 0.4) is 0 Å². The fourth-order valence-corrected chi connectivity index (χ4v) is 6.65. The van der Waals surface area contributed by atoms with E-state index < -0.39 is 40.2 Å². The molecule has 0 radical (unpaired) electrons. The zero-order chi connectivity index (χ0) is 33.4. The lowest BCUT2D eigenvalue weighted by Gasteiger charge is -2.34. The number of nitrogens with zero attached hydrogens (tertiary/aromatic N) is 2. The Morgan fingerprint density at radius 2 is 1.41 bits per heavy atom. The van der Waals surface area contributed by atoms with Crippen molar-refractivity contribution in [3.05, 3.63) is 131 Å². The van der Waals surface area contributed by atoms with Crippen molar-refractivity contribution in [2.24, 2.45) is 5.92 Å². The van der Waals surface area contributed by atoms with Crippen molar-refractivity contribution in [2.45, 2.75) is 58.5 Å². The number of hydrogen-bond donors (Lipinski definition) is 1. The smallest absolute Gasteiger partial charge is 0.264 e. The van der Waals surface area contributed by atoms with E-state index in [0.29, 0.717) is 12.2 Å². The Balaban J connectivity index is 1.83. The summed E-state index contributed by atoms with van der Waals surface area (Å²) in [6.45, 7) is 9.04. The first kappa shape index (κ1) is 34.4. The Bertz CT molecular complexity index is 1740. The highest BCUT2D eigenvalue weighted by atomic mass is 32.2. The van der Waals surface area contributed by atoms with Gasteiger partial charge in [-0.25, -0.2) is 12.8 Å². The summed E-state index contributed by atoms with van der Waals surface area (Å²) in [5.74, 6) is -1.42. The van der Waals surface area contributed by atoms with Gasteiger partial charge < -0.3 is 10.2 Å². The van der Waals surface area contributed by atoms with Gasteiger partial charge in [-0.05, 0) is 73.7 Å². The van der Waals surface area contributed by atoms with E-state index in [2.05, 4.69) is 5.32 Å². The fourth-order valence-electron chi connectivity index (χ4n) is 5.25. The van der Waals surface area contributed by atoms with Crippen molar-refractivity contribution in [3.63, 3.8) is 0 Å². The van der Waals surface area contributed by atoms with Gasteiger partial charge in [0.1, 0.15) is 18.4 Å². The second-order valence-electron chi connectivity index (χ2n) is 12.1. The number of amides is 2. The van der Waals surface area contributed by atoms with Crippen molar-refractivity contribution in [1.29, 1.82) is 0 Å². The number of nitrogens with one attached hydrogen (secondary N) is 1. The molecule has 242 valence electrons. The lowest BCUT2D eigenvalue weighted by atomic mass is 10.0. The van der Waals surface area contributed by atoms with Gasteiger partial charge >= 0.3 is 0 Å². The molecule has 0 saturated carbocycles. The summed E-state index contributed by atoms with van der Waals surface area (Å²) in [6, 6.07) is 26.1. The third-order valence-corrected chi connectivity index (χ3v) is 9.42. The molecule has 1 atom stereocenters. The number of carbonyl (C=O) groups excluding carboxylic acids is 2. The average molecular weight is 644 g/mol. The quantitative estimate of drug-likeness (QED) is 0.184. The minimum Gasteiger partial charge on any atom is -0.354 e. The van der Waals surface area contributed by atoms with E-state index >= 15 is 4.39 Å².